The first-order valence-corrected chi connectivity index (χ1v) is 9.81. The molecule has 1 aliphatic rings. The lowest BCUT2D eigenvalue weighted by Gasteiger charge is -2.34. The summed E-state index contributed by atoms with van der Waals surface area (Å²) in [6, 6.07) is 11.0. The smallest absolute Gasteiger partial charge is 0.128 e. The van der Waals surface area contributed by atoms with E-state index in [1.54, 1.807) is 0 Å². The topological polar surface area (TPSA) is 60.1 Å². The maximum Gasteiger partial charge on any atom is 0.128 e. The molecule has 0 spiro atoms. The van der Waals surface area contributed by atoms with Crippen LogP contribution < -0.4 is 10.2 Å². The van der Waals surface area contributed by atoms with Crippen LogP contribution in [0.25, 0.3) is 10.9 Å². The Morgan fingerprint density at radius 1 is 1.15 bits per heavy atom. The van der Waals surface area contributed by atoms with Gasteiger partial charge in [0.1, 0.15) is 5.82 Å². The highest BCUT2D eigenvalue weighted by Gasteiger charge is 2.17. The summed E-state index contributed by atoms with van der Waals surface area (Å²) in [4.78, 5) is 9.48. The molecule has 1 atom stereocenters. The Morgan fingerprint density at radius 2 is 2.00 bits per heavy atom. The van der Waals surface area contributed by atoms with Crippen molar-refractivity contribution in [1.29, 1.82) is 0 Å². The summed E-state index contributed by atoms with van der Waals surface area (Å²) >= 11 is 0. The second kappa shape index (κ2) is 8.06. The summed E-state index contributed by atoms with van der Waals surface area (Å²) in [5.74, 6) is 1.09. The molecule has 0 bridgehead atoms. The number of benzene rings is 1. The van der Waals surface area contributed by atoms with Gasteiger partial charge in [0, 0.05) is 50.3 Å². The predicted molar refractivity (Wildman–Crippen MR) is 110 cm³/mol. The predicted octanol–water partition coefficient (Wildman–Crippen LogP) is 2.95. The highest BCUT2D eigenvalue weighted by atomic mass is 15.3. The summed E-state index contributed by atoms with van der Waals surface area (Å²) < 4.78 is 0. The fourth-order valence-electron chi connectivity index (χ4n) is 3.65. The van der Waals surface area contributed by atoms with E-state index in [9.17, 15) is 0 Å². The van der Waals surface area contributed by atoms with Crippen molar-refractivity contribution in [2.24, 2.45) is 0 Å². The van der Waals surface area contributed by atoms with E-state index in [1.165, 1.54) is 11.1 Å². The molecule has 1 aromatic carbocycles. The van der Waals surface area contributed by atoms with Gasteiger partial charge in [0.05, 0.1) is 11.7 Å². The molecule has 1 fully saturated rings. The van der Waals surface area contributed by atoms with Gasteiger partial charge in [-0.15, -0.1) is 0 Å². The first-order valence-electron chi connectivity index (χ1n) is 9.81. The summed E-state index contributed by atoms with van der Waals surface area (Å²) in [5, 5.41) is 11.9. The van der Waals surface area contributed by atoms with Crippen molar-refractivity contribution in [3.8, 4) is 0 Å². The van der Waals surface area contributed by atoms with E-state index < -0.39 is 0 Å². The zero-order valence-corrected chi connectivity index (χ0v) is 16.2. The molecule has 2 aromatic heterocycles. The first kappa shape index (κ1) is 17.9. The van der Waals surface area contributed by atoms with Crippen LogP contribution in [-0.2, 0) is 6.54 Å². The third kappa shape index (κ3) is 4.12. The highest BCUT2D eigenvalue weighted by Crippen LogP contribution is 2.20. The maximum atomic E-state index is 4.60. The molecule has 27 heavy (non-hydrogen) atoms. The van der Waals surface area contributed by atoms with E-state index in [4.69, 9.17) is 0 Å². The lowest BCUT2D eigenvalue weighted by atomic mass is 10.1. The second-order valence-corrected chi connectivity index (χ2v) is 7.26. The minimum Gasteiger partial charge on any atom is -0.354 e. The molecule has 1 saturated heterocycles. The standard InChI is InChI=1S/C21H28N6/c1-3-26-8-10-27(11-9-26)21-12-17(6-7-22-21)14-23-16(2)18-4-5-19-15-24-25-20(19)13-18/h4-7,12-13,15-16,23H,3,8-11,14H2,1-2H3,(H,24,25). The third-order valence-corrected chi connectivity index (χ3v) is 5.53. The summed E-state index contributed by atoms with van der Waals surface area (Å²) in [7, 11) is 0. The van der Waals surface area contributed by atoms with Crippen LogP contribution >= 0.6 is 0 Å². The number of nitrogens with one attached hydrogen (secondary N) is 2. The molecule has 1 unspecified atom stereocenters. The number of aromatic amines is 1. The van der Waals surface area contributed by atoms with E-state index in [-0.39, 0.29) is 6.04 Å². The first-order chi connectivity index (χ1) is 13.2. The van der Waals surface area contributed by atoms with E-state index in [2.05, 4.69) is 74.5 Å². The molecule has 0 aliphatic carbocycles. The molecule has 1 aliphatic heterocycles. The molecule has 3 aromatic rings. The van der Waals surface area contributed by atoms with Crippen LogP contribution in [0.1, 0.15) is 31.0 Å². The molecule has 0 saturated carbocycles. The fourth-order valence-corrected chi connectivity index (χ4v) is 3.65. The van der Waals surface area contributed by atoms with Crippen molar-refractivity contribution in [3.63, 3.8) is 0 Å². The lowest BCUT2D eigenvalue weighted by Crippen LogP contribution is -2.46. The number of hydrogen-bond donors (Lipinski definition) is 2. The number of anilines is 1. The number of pyridine rings is 1. The van der Waals surface area contributed by atoms with E-state index in [0.29, 0.717) is 0 Å². The zero-order chi connectivity index (χ0) is 18.6. The van der Waals surface area contributed by atoms with Crippen LogP contribution in [0.4, 0.5) is 5.82 Å². The number of fused-ring (bicyclic) bond motifs is 1. The van der Waals surface area contributed by atoms with Crippen LogP contribution in [0.3, 0.4) is 0 Å². The second-order valence-electron chi connectivity index (χ2n) is 7.26. The van der Waals surface area contributed by atoms with Crippen LogP contribution in [-0.4, -0.2) is 52.8 Å². The van der Waals surface area contributed by atoms with E-state index in [1.807, 2.05) is 12.4 Å². The van der Waals surface area contributed by atoms with Crippen LogP contribution in [0.15, 0.2) is 42.7 Å². The van der Waals surface area contributed by atoms with Gasteiger partial charge in [0.2, 0.25) is 0 Å². The van der Waals surface area contributed by atoms with Gasteiger partial charge in [-0.25, -0.2) is 4.98 Å². The lowest BCUT2D eigenvalue weighted by molar-refractivity contribution is 0.270. The minimum atomic E-state index is 0.266. The Balaban J connectivity index is 1.38. The molecule has 4 rings (SSSR count). The third-order valence-electron chi connectivity index (χ3n) is 5.53. The van der Waals surface area contributed by atoms with Crippen LogP contribution in [0, 0.1) is 0 Å². The van der Waals surface area contributed by atoms with Gasteiger partial charge in [-0.2, -0.15) is 5.10 Å². The van der Waals surface area contributed by atoms with Crippen molar-refractivity contribution >= 4 is 16.7 Å². The minimum absolute atomic E-state index is 0.266. The summed E-state index contributed by atoms with van der Waals surface area (Å²) in [5.41, 5.74) is 3.61. The molecule has 3 heterocycles. The van der Waals surface area contributed by atoms with Crippen molar-refractivity contribution in [3.05, 3.63) is 53.9 Å². The molecule has 2 N–H and O–H groups in total. The normalized spacial score (nSPS) is 16.7. The number of aromatic nitrogens is 3. The average molecular weight is 364 g/mol. The molecule has 6 heteroatoms. The summed E-state index contributed by atoms with van der Waals surface area (Å²) in [6.07, 6.45) is 3.79. The van der Waals surface area contributed by atoms with Crippen LogP contribution in [0.5, 0.6) is 0 Å². The van der Waals surface area contributed by atoms with Crippen molar-refractivity contribution < 1.29 is 0 Å². The Bertz CT molecular complexity index is 881. The van der Waals surface area contributed by atoms with Gasteiger partial charge in [-0.3, -0.25) is 5.10 Å². The Hall–Kier alpha value is -2.44. The average Bonchev–Trinajstić information content (AvgIpc) is 3.20. The number of rotatable bonds is 6. The molecular weight excluding hydrogens is 336 g/mol. The molecule has 6 nitrogen and oxygen atoms in total. The van der Waals surface area contributed by atoms with Gasteiger partial charge >= 0.3 is 0 Å². The molecule has 0 radical (unpaired) electrons. The number of nitrogens with zero attached hydrogens (tertiary/aromatic N) is 4. The highest BCUT2D eigenvalue weighted by molar-refractivity contribution is 5.78. The van der Waals surface area contributed by atoms with Gasteiger partial charge in [-0.05, 0) is 42.8 Å². The monoisotopic (exact) mass is 364 g/mol. The largest absolute Gasteiger partial charge is 0.354 e. The molecular formula is C21H28N6. The summed E-state index contributed by atoms with van der Waals surface area (Å²) in [6.45, 7) is 10.7. The number of likely N-dealkylation sites (N-methyl/N-ethyl adjacent to an activating group) is 1. The van der Waals surface area contributed by atoms with Crippen LogP contribution in [0.2, 0.25) is 0 Å². The number of hydrogen-bond acceptors (Lipinski definition) is 5. The zero-order valence-electron chi connectivity index (χ0n) is 16.2. The Labute approximate surface area is 160 Å². The quantitative estimate of drug-likeness (QED) is 0.704. The van der Waals surface area contributed by atoms with Gasteiger partial charge in [0.25, 0.3) is 0 Å². The molecule has 0 amide bonds. The Morgan fingerprint density at radius 3 is 2.81 bits per heavy atom. The van der Waals surface area contributed by atoms with Gasteiger partial charge < -0.3 is 15.1 Å². The number of H-pyrrole nitrogens is 1. The van der Waals surface area contributed by atoms with Gasteiger partial charge in [-0.1, -0.05) is 19.1 Å². The molecule has 142 valence electrons. The van der Waals surface area contributed by atoms with E-state index in [0.717, 1.165) is 56.0 Å². The Kier molecular flexibility index (Phi) is 5.36. The maximum absolute atomic E-state index is 4.60. The van der Waals surface area contributed by atoms with E-state index >= 15 is 0 Å². The van der Waals surface area contributed by atoms with Gasteiger partial charge in [0.15, 0.2) is 0 Å². The SMILES string of the molecule is CCN1CCN(c2cc(CNC(C)c3ccc4cn[nH]c4c3)ccn2)CC1. The van der Waals surface area contributed by atoms with Crippen molar-refractivity contribution in [2.75, 3.05) is 37.6 Å². The number of piperazine rings is 1. The van der Waals surface area contributed by atoms with Crippen molar-refractivity contribution in [1.82, 2.24) is 25.4 Å². The fraction of sp³-hybridized carbons (Fsp3) is 0.429. The van der Waals surface area contributed by atoms with Crippen molar-refractivity contribution in [2.45, 2.75) is 26.4 Å².